The van der Waals surface area contributed by atoms with Crippen molar-refractivity contribution in [2.75, 3.05) is 4.72 Å². The Bertz CT molecular complexity index is 786. The van der Waals surface area contributed by atoms with Gasteiger partial charge in [0.15, 0.2) is 0 Å². The van der Waals surface area contributed by atoms with E-state index in [9.17, 15) is 13.2 Å². The van der Waals surface area contributed by atoms with E-state index in [-0.39, 0.29) is 10.5 Å². The molecule has 5 nitrogen and oxygen atoms in total. The van der Waals surface area contributed by atoms with Crippen molar-refractivity contribution in [3.8, 4) is 0 Å². The van der Waals surface area contributed by atoms with E-state index in [1.807, 2.05) is 0 Å². The second-order valence-corrected chi connectivity index (χ2v) is 7.02. The van der Waals surface area contributed by atoms with Crippen LogP contribution in [-0.4, -0.2) is 14.3 Å². The van der Waals surface area contributed by atoms with Crippen LogP contribution in [0.3, 0.4) is 0 Å². The highest BCUT2D eigenvalue weighted by Gasteiger charge is 2.18. The van der Waals surface area contributed by atoms with Gasteiger partial charge in [-0.15, -0.1) is 0 Å². The number of rotatable bonds is 4. The van der Waals surface area contributed by atoms with Crippen LogP contribution in [0.5, 0.6) is 0 Å². The summed E-state index contributed by atoms with van der Waals surface area (Å²) in [4.78, 5) is 11.2. The zero-order chi connectivity index (χ0) is 15.6. The standard InChI is InChI=1S/C14H13BrN2O3S/c1-9-2-3-10(14(16)18)8-13(9)21(19,20)17-12-6-4-11(15)5-7-12/h2-8,17H,1H3,(H2,16,18). The van der Waals surface area contributed by atoms with E-state index in [2.05, 4.69) is 20.7 Å². The highest BCUT2D eigenvalue weighted by atomic mass is 79.9. The summed E-state index contributed by atoms with van der Waals surface area (Å²) >= 11 is 3.28. The Labute approximate surface area is 131 Å². The molecular formula is C14H13BrN2O3S. The van der Waals surface area contributed by atoms with Crippen molar-refractivity contribution in [3.63, 3.8) is 0 Å². The lowest BCUT2D eigenvalue weighted by atomic mass is 10.1. The number of hydrogen-bond acceptors (Lipinski definition) is 3. The Hall–Kier alpha value is -1.86. The molecule has 2 rings (SSSR count). The lowest BCUT2D eigenvalue weighted by Crippen LogP contribution is -2.17. The zero-order valence-corrected chi connectivity index (χ0v) is 13.5. The Morgan fingerprint density at radius 1 is 1.14 bits per heavy atom. The van der Waals surface area contributed by atoms with Crippen molar-refractivity contribution >= 4 is 37.5 Å². The SMILES string of the molecule is Cc1ccc(C(N)=O)cc1S(=O)(=O)Nc1ccc(Br)cc1. The van der Waals surface area contributed by atoms with Crippen LogP contribution in [0.2, 0.25) is 0 Å². The van der Waals surface area contributed by atoms with Crippen molar-refractivity contribution in [3.05, 3.63) is 58.1 Å². The minimum Gasteiger partial charge on any atom is -0.366 e. The Morgan fingerprint density at radius 3 is 2.33 bits per heavy atom. The van der Waals surface area contributed by atoms with Crippen LogP contribution in [0.4, 0.5) is 5.69 Å². The Morgan fingerprint density at radius 2 is 1.76 bits per heavy atom. The third kappa shape index (κ3) is 3.62. The predicted octanol–water partition coefficient (Wildman–Crippen LogP) is 2.66. The van der Waals surface area contributed by atoms with Crippen LogP contribution in [0.25, 0.3) is 0 Å². The lowest BCUT2D eigenvalue weighted by Gasteiger charge is -2.11. The van der Waals surface area contributed by atoms with E-state index < -0.39 is 15.9 Å². The second kappa shape index (κ2) is 5.87. The fourth-order valence-corrected chi connectivity index (χ4v) is 3.37. The number of aryl methyl sites for hydroxylation is 1. The molecule has 0 aromatic heterocycles. The predicted molar refractivity (Wildman–Crippen MR) is 84.6 cm³/mol. The minimum absolute atomic E-state index is 0.0294. The van der Waals surface area contributed by atoms with Crippen molar-refractivity contribution in [1.29, 1.82) is 0 Å². The first-order chi connectivity index (χ1) is 9.79. The van der Waals surface area contributed by atoms with Crippen LogP contribution >= 0.6 is 15.9 Å². The van der Waals surface area contributed by atoms with Crippen LogP contribution in [0.1, 0.15) is 15.9 Å². The number of benzene rings is 2. The largest absolute Gasteiger partial charge is 0.366 e. The molecule has 0 saturated heterocycles. The second-order valence-electron chi connectivity index (χ2n) is 4.46. The average Bonchev–Trinajstić information content (AvgIpc) is 2.41. The number of nitrogens with one attached hydrogen (secondary N) is 1. The molecule has 2 aromatic carbocycles. The molecule has 2 aromatic rings. The molecule has 21 heavy (non-hydrogen) atoms. The molecule has 0 radical (unpaired) electrons. The quantitative estimate of drug-likeness (QED) is 0.868. The molecule has 0 saturated carbocycles. The van der Waals surface area contributed by atoms with Gasteiger partial charge in [0.2, 0.25) is 5.91 Å². The fourth-order valence-electron chi connectivity index (χ4n) is 1.77. The van der Waals surface area contributed by atoms with Crippen LogP contribution in [0, 0.1) is 6.92 Å². The molecule has 3 N–H and O–H groups in total. The summed E-state index contributed by atoms with van der Waals surface area (Å²) in [6, 6.07) is 11.0. The molecular weight excluding hydrogens is 356 g/mol. The number of nitrogens with two attached hydrogens (primary N) is 1. The average molecular weight is 369 g/mol. The van der Waals surface area contributed by atoms with Crippen molar-refractivity contribution in [2.24, 2.45) is 5.73 Å². The van der Waals surface area contributed by atoms with Gasteiger partial charge in [0.1, 0.15) is 0 Å². The van der Waals surface area contributed by atoms with Crippen molar-refractivity contribution < 1.29 is 13.2 Å². The van der Waals surface area contributed by atoms with Gasteiger partial charge in [-0.2, -0.15) is 0 Å². The van der Waals surface area contributed by atoms with Gasteiger partial charge < -0.3 is 5.73 Å². The summed E-state index contributed by atoms with van der Waals surface area (Å²) in [5.74, 6) is -0.671. The molecule has 0 aliphatic rings. The smallest absolute Gasteiger partial charge is 0.262 e. The molecule has 0 atom stereocenters. The summed E-state index contributed by atoms with van der Waals surface area (Å²) in [5, 5.41) is 0. The number of sulfonamides is 1. The molecule has 0 unspecified atom stereocenters. The van der Waals surface area contributed by atoms with Crippen LogP contribution < -0.4 is 10.5 Å². The molecule has 0 bridgehead atoms. The maximum Gasteiger partial charge on any atom is 0.262 e. The number of amides is 1. The van der Waals surface area contributed by atoms with Gasteiger partial charge >= 0.3 is 0 Å². The molecule has 0 spiro atoms. The number of anilines is 1. The van der Waals surface area contributed by atoms with Crippen LogP contribution in [-0.2, 0) is 10.0 Å². The number of primary amides is 1. The van der Waals surface area contributed by atoms with Gasteiger partial charge in [-0.25, -0.2) is 8.42 Å². The number of hydrogen-bond donors (Lipinski definition) is 2. The molecule has 110 valence electrons. The number of carbonyl (C=O) groups is 1. The fraction of sp³-hybridized carbons (Fsp3) is 0.0714. The lowest BCUT2D eigenvalue weighted by molar-refractivity contribution is 0.1000. The van der Waals surface area contributed by atoms with E-state index in [0.29, 0.717) is 11.3 Å². The van der Waals surface area contributed by atoms with Crippen molar-refractivity contribution in [2.45, 2.75) is 11.8 Å². The monoisotopic (exact) mass is 368 g/mol. The molecule has 0 fully saturated rings. The first kappa shape index (κ1) is 15.5. The normalized spacial score (nSPS) is 11.1. The molecule has 0 heterocycles. The van der Waals surface area contributed by atoms with Gasteiger partial charge in [-0.05, 0) is 48.9 Å². The first-order valence-corrected chi connectivity index (χ1v) is 8.26. The van der Waals surface area contributed by atoms with E-state index in [0.717, 1.165) is 4.47 Å². The summed E-state index contributed by atoms with van der Waals surface area (Å²) in [6.07, 6.45) is 0. The van der Waals surface area contributed by atoms with Gasteiger partial charge in [-0.3, -0.25) is 9.52 Å². The third-order valence-corrected chi connectivity index (χ3v) is 4.91. The molecule has 7 heteroatoms. The zero-order valence-electron chi connectivity index (χ0n) is 11.1. The summed E-state index contributed by atoms with van der Waals surface area (Å²) in [5.41, 5.74) is 6.30. The van der Waals surface area contributed by atoms with E-state index in [1.165, 1.54) is 12.1 Å². The Kier molecular flexibility index (Phi) is 4.34. The van der Waals surface area contributed by atoms with Crippen molar-refractivity contribution in [1.82, 2.24) is 0 Å². The molecule has 0 aliphatic carbocycles. The number of halogens is 1. The molecule has 1 amide bonds. The topological polar surface area (TPSA) is 89.3 Å². The third-order valence-electron chi connectivity index (χ3n) is 2.86. The first-order valence-electron chi connectivity index (χ1n) is 5.98. The molecule has 0 aliphatic heterocycles. The van der Waals surface area contributed by atoms with Gasteiger partial charge in [0.05, 0.1) is 4.90 Å². The highest BCUT2D eigenvalue weighted by Crippen LogP contribution is 2.22. The minimum atomic E-state index is -3.79. The summed E-state index contributed by atoms with van der Waals surface area (Å²) < 4.78 is 28.1. The summed E-state index contributed by atoms with van der Waals surface area (Å²) in [6.45, 7) is 1.65. The van der Waals surface area contributed by atoms with E-state index in [4.69, 9.17) is 5.73 Å². The summed E-state index contributed by atoms with van der Waals surface area (Å²) in [7, 11) is -3.79. The number of carbonyl (C=O) groups excluding carboxylic acids is 1. The van der Waals surface area contributed by atoms with E-state index >= 15 is 0 Å². The maximum atomic E-state index is 12.4. The maximum absolute atomic E-state index is 12.4. The van der Waals surface area contributed by atoms with Gasteiger partial charge in [-0.1, -0.05) is 22.0 Å². The van der Waals surface area contributed by atoms with E-state index in [1.54, 1.807) is 37.3 Å². The highest BCUT2D eigenvalue weighted by molar-refractivity contribution is 9.10. The van der Waals surface area contributed by atoms with Gasteiger partial charge in [0.25, 0.3) is 10.0 Å². The van der Waals surface area contributed by atoms with Crippen LogP contribution in [0.15, 0.2) is 51.8 Å². The Balaban J connectivity index is 2.41. The van der Waals surface area contributed by atoms with Gasteiger partial charge in [0, 0.05) is 15.7 Å².